The highest BCUT2D eigenvalue weighted by Gasteiger charge is 2.22. The molecule has 8 heteroatoms. The summed E-state index contributed by atoms with van der Waals surface area (Å²) in [6.07, 6.45) is -1.57. The average molecular weight is 373 g/mol. The number of ether oxygens (including phenoxy) is 1. The number of aryl methyl sites for hydroxylation is 1. The van der Waals surface area contributed by atoms with Crippen LogP contribution in [0.2, 0.25) is 0 Å². The minimum Gasteiger partial charge on any atom is -0.444 e. The van der Waals surface area contributed by atoms with Crippen molar-refractivity contribution in [1.29, 1.82) is 0 Å². The van der Waals surface area contributed by atoms with Crippen LogP contribution in [0, 0.1) is 6.92 Å². The average Bonchev–Trinajstić information content (AvgIpc) is 2.45. The molecule has 0 aliphatic carbocycles. The summed E-state index contributed by atoms with van der Waals surface area (Å²) in [7, 11) is -3.87. The summed E-state index contributed by atoms with van der Waals surface area (Å²) in [5.41, 5.74) is 0.302. The SMILES string of the molecule is Cc1ccc(S(=O)(=O)OCCC(O)C(C)NC(=O)OC(C)(C)C)cc1. The smallest absolute Gasteiger partial charge is 0.407 e. The van der Waals surface area contributed by atoms with Crippen LogP contribution in [0.4, 0.5) is 4.79 Å². The van der Waals surface area contributed by atoms with Crippen LogP contribution >= 0.6 is 0 Å². The molecule has 25 heavy (non-hydrogen) atoms. The molecule has 0 aliphatic heterocycles. The Bertz CT molecular complexity index is 663. The molecule has 7 nitrogen and oxygen atoms in total. The molecule has 0 saturated heterocycles. The van der Waals surface area contributed by atoms with E-state index in [0.717, 1.165) is 5.56 Å². The van der Waals surface area contributed by atoms with Gasteiger partial charge in [0.15, 0.2) is 0 Å². The fraction of sp³-hybridized carbons (Fsp3) is 0.588. The number of amides is 1. The number of rotatable bonds is 7. The third-order valence-electron chi connectivity index (χ3n) is 3.28. The van der Waals surface area contributed by atoms with Gasteiger partial charge in [-0.3, -0.25) is 4.18 Å². The normalized spacial score (nSPS) is 14.6. The third kappa shape index (κ3) is 7.85. The van der Waals surface area contributed by atoms with Gasteiger partial charge in [0.05, 0.1) is 23.6 Å². The summed E-state index contributed by atoms with van der Waals surface area (Å²) in [4.78, 5) is 11.7. The number of benzene rings is 1. The molecule has 0 heterocycles. The van der Waals surface area contributed by atoms with E-state index < -0.39 is 34.0 Å². The van der Waals surface area contributed by atoms with E-state index in [1.807, 2.05) is 6.92 Å². The molecule has 2 N–H and O–H groups in total. The second kappa shape index (κ2) is 8.64. The molecule has 0 radical (unpaired) electrons. The molecule has 1 rings (SSSR count). The summed E-state index contributed by atoms with van der Waals surface area (Å²) in [5.74, 6) is 0. The van der Waals surface area contributed by atoms with Crippen molar-refractivity contribution in [1.82, 2.24) is 5.32 Å². The zero-order valence-electron chi connectivity index (χ0n) is 15.3. The second-order valence-electron chi connectivity index (χ2n) is 6.88. The monoisotopic (exact) mass is 373 g/mol. The fourth-order valence-electron chi connectivity index (χ4n) is 1.89. The van der Waals surface area contributed by atoms with E-state index in [1.54, 1.807) is 39.8 Å². The Kier molecular flexibility index (Phi) is 7.40. The van der Waals surface area contributed by atoms with E-state index in [4.69, 9.17) is 8.92 Å². The Labute approximate surface area is 149 Å². The van der Waals surface area contributed by atoms with Crippen molar-refractivity contribution in [2.75, 3.05) is 6.61 Å². The number of hydrogen-bond donors (Lipinski definition) is 2. The van der Waals surface area contributed by atoms with E-state index in [2.05, 4.69) is 5.32 Å². The molecule has 1 amide bonds. The lowest BCUT2D eigenvalue weighted by atomic mass is 10.1. The van der Waals surface area contributed by atoms with Crippen LogP contribution in [0.1, 0.15) is 39.7 Å². The van der Waals surface area contributed by atoms with E-state index in [1.165, 1.54) is 12.1 Å². The molecule has 1 aromatic rings. The largest absolute Gasteiger partial charge is 0.444 e. The maximum absolute atomic E-state index is 12.0. The van der Waals surface area contributed by atoms with Crippen LogP contribution in [0.5, 0.6) is 0 Å². The number of carbonyl (C=O) groups excluding carboxylic acids is 1. The highest BCUT2D eigenvalue weighted by molar-refractivity contribution is 7.86. The van der Waals surface area contributed by atoms with Crippen LogP contribution in [0.25, 0.3) is 0 Å². The van der Waals surface area contributed by atoms with E-state index >= 15 is 0 Å². The standard InChI is InChI=1S/C17H27NO6S/c1-12-6-8-14(9-7-12)25(21,22)23-11-10-15(19)13(2)18-16(20)24-17(3,4)5/h6-9,13,15,19H,10-11H2,1-5H3,(H,18,20). The minimum absolute atomic E-state index is 0.0437. The predicted octanol–water partition coefficient (Wildman–Crippen LogP) is 2.36. The molecule has 0 aromatic heterocycles. The molecule has 0 saturated carbocycles. The molecule has 0 aliphatic rings. The number of alkyl carbamates (subject to hydrolysis) is 1. The second-order valence-corrected chi connectivity index (χ2v) is 8.50. The summed E-state index contributed by atoms with van der Waals surface area (Å²) in [6.45, 7) is 8.46. The van der Waals surface area contributed by atoms with Gasteiger partial charge >= 0.3 is 6.09 Å². The van der Waals surface area contributed by atoms with Crippen molar-refractivity contribution in [2.24, 2.45) is 0 Å². The number of aliphatic hydroxyl groups excluding tert-OH is 1. The lowest BCUT2D eigenvalue weighted by Gasteiger charge is -2.24. The Morgan fingerprint density at radius 2 is 1.80 bits per heavy atom. The van der Waals surface area contributed by atoms with Crippen LogP contribution in [-0.2, 0) is 19.0 Å². The summed E-state index contributed by atoms with van der Waals surface area (Å²) in [5, 5.41) is 12.5. The summed E-state index contributed by atoms with van der Waals surface area (Å²) < 4.78 is 34.1. The first-order valence-electron chi connectivity index (χ1n) is 8.04. The summed E-state index contributed by atoms with van der Waals surface area (Å²) in [6, 6.07) is 5.68. The first kappa shape index (κ1) is 21.4. The Balaban J connectivity index is 2.46. The molecular formula is C17H27NO6S. The Hall–Kier alpha value is -1.64. The van der Waals surface area contributed by atoms with Gasteiger partial charge in [-0.15, -0.1) is 0 Å². The van der Waals surface area contributed by atoms with Gasteiger partial charge in [0.25, 0.3) is 10.1 Å². The molecule has 2 unspecified atom stereocenters. The van der Waals surface area contributed by atoms with Crippen molar-refractivity contribution in [3.05, 3.63) is 29.8 Å². The van der Waals surface area contributed by atoms with Crippen LogP contribution in [-0.4, -0.2) is 44.0 Å². The van der Waals surface area contributed by atoms with Gasteiger partial charge in [-0.1, -0.05) is 17.7 Å². The number of hydrogen-bond acceptors (Lipinski definition) is 6. The van der Waals surface area contributed by atoms with Gasteiger partial charge in [-0.25, -0.2) is 4.79 Å². The minimum atomic E-state index is -3.87. The van der Waals surface area contributed by atoms with Crippen LogP contribution in [0.15, 0.2) is 29.2 Å². The molecule has 0 fully saturated rings. The van der Waals surface area contributed by atoms with E-state index in [-0.39, 0.29) is 17.9 Å². The topological polar surface area (TPSA) is 102 Å². The van der Waals surface area contributed by atoms with Crippen molar-refractivity contribution in [3.8, 4) is 0 Å². The van der Waals surface area contributed by atoms with Crippen molar-refractivity contribution in [3.63, 3.8) is 0 Å². The molecule has 142 valence electrons. The van der Waals surface area contributed by atoms with Crippen LogP contribution in [0.3, 0.4) is 0 Å². The molecule has 2 atom stereocenters. The quantitative estimate of drug-likeness (QED) is 0.712. The zero-order chi connectivity index (χ0) is 19.3. The maximum Gasteiger partial charge on any atom is 0.407 e. The van der Waals surface area contributed by atoms with Gasteiger partial charge < -0.3 is 15.2 Å². The highest BCUT2D eigenvalue weighted by Crippen LogP contribution is 2.14. The van der Waals surface area contributed by atoms with Crippen molar-refractivity contribution >= 4 is 16.2 Å². The predicted molar refractivity (Wildman–Crippen MR) is 93.8 cm³/mol. The molecular weight excluding hydrogens is 346 g/mol. The first-order chi connectivity index (χ1) is 11.4. The lowest BCUT2D eigenvalue weighted by Crippen LogP contribution is -2.44. The number of carbonyl (C=O) groups is 1. The zero-order valence-corrected chi connectivity index (χ0v) is 16.1. The molecule has 0 spiro atoms. The number of aliphatic hydroxyl groups is 1. The Morgan fingerprint density at radius 1 is 1.24 bits per heavy atom. The van der Waals surface area contributed by atoms with E-state index in [9.17, 15) is 18.3 Å². The maximum atomic E-state index is 12.0. The van der Waals surface area contributed by atoms with Gasteiger partial charge in [-0.2, -0.15) is 8.42 Å². The Morgan fingerprint density at radius 3 is 2.32 bits per heavy atom. The van der Waals surface area contributed by atoms with Crippen molar-refractivity contribution in [2.45, 2.75) is 63.7 Å². The van der Waals surface area contributed by atoms with Crippen LogP contribution < -0.4 is 5.32 Å². The lowest BCUT2D eigenvalue weighted by molar-refractivity contribution is 0.0414. The first-order valence-corrected chi connectivity index (χ1v) is 9.45. The highest BCUT2D eigenvalue weighted by atomic mass is 32.2. The van der Waals surface area contributed by atoms with Gasteiger partial charge in [0, 0.05) is 6.42 Å². The molecule has 0 bridgehead atoms. The van der Waals surface area contributed by atoms with Gasteiger partial charge in [-0.05, 0) is 46.8 Å². The summed E-state index contributed by atoms with van der Waals surface area (Å²) >= 11 is 0. The molecule has 1 aromatic carbocycles. The number of nitrogens with one attached hydrogen (secondary N) is 1. The van der Waals surface area contributed by atoms with Crippen molar-refractivity contribution < 1.29 is 27.2 Å². The van der Waals surface area contributed by atoms with Gasteiger partial charge in [0.1, 0.15) is 5.60 Å². The fourth-order valence-corrected chi connectivity index (χ4v) is 2.81. The van der Waals surface area contributed by atoms with Gasteiger partial charge in [0.2, 0.25) is 0 Å². The van der Waals surface area contributed by atoms with E-state index in [0.29, 0.717) is 0 Å². The third-order valence-corrected chi connectivity index (χ3v) is 4.61.